The third-order valence-corrected chi connectivity index (χ3v) is 2.09. The Hall–Kier alpha value is -1.71. The monoisotopic (exact) mass is 208 g/mol. The summed E-state index contributed by atoms with van der Waals surface area (Å²) < 4.78 is 5.09. The summed E-state index contributed by atoms with van der Waals surface area (Å²) in [5.41, 5.74) is 6.05. The normalized spacial score (nSPS) is 10.1. The number of nitrogens with two attached hydrogens (primary N) is 1. The highest BCUT2D eigenvalue weighted by molar-refractivity contribution is 5.91. The van der Waals surface area contributed by atoms with E-state index >= 15 is 0 Å². The lowest BCUT2D eigenvalue weighted by molar-refractivity contribution is 0.252. The van der Waals surface area contributed by atoms with Gasteiger partial charge in [0.1, 0.15) is 5.75 Å². The number of benzene rings is 1. The van der Waals surface area contributed by atoms with Crippen molar-refractivity contribution in [1.29, 1.82) is 0 Å². The molecule has 0 radical (unpaired) electrons. The van der Waals surface area contributed by atoms with Gasteiger partial charge in [-0.1, -0.05) is 6.07 Å². The molecule has 0 aliphatic carbocycles. The number of nitrogens with zero attached hydrogens (tertiary/aromatic N) is 1. The average Bonchev–Trinajstić information content (AvgIpc) is 2.17. The molecule has 0 aromatic heterocycles. The third kappa shape index (κ3) is 2.62. The highest BCUT2D eigenvalue weighted by atomic mass is 16.5. The molecule has 0 heterocycles. The van der Waals surface area contributed by atoms with Crippen LogP contribution in [0.25, 0.3) is 0 Å². The van der Waals surface area contributed by atoms with E-state index in [0.717, 1.165) is 5.69 Å². The number of carbonyl (C=O) groups excluding carboxylic acids is 1. The Bertz CT molecular complexity index is 350. The van der Waals surface area contributed by atoms with Crippen molar-refractivity contribution < 1.29 is 9.53 Å². The molecule has 0 saturated heterocycles. The van der Waals surface area contributed by atoms with Gasteiger partial charge in [0.15, 0.2) is 0 Å². The van der Waals surface area contributed by atoms with Crippen LogP contribution < -0.4 is 15.4 Å². The molecule has 4 nitrogen and oxygen atoms in total. The van der Waals surface area contributed by atoms with E-state index in [1.165, 1.54) is 4.90 Å². The number of hydrogen-bond donors (Lipinski definition) is 1. The van der Waals surface area contributed by atoms with Crippen LogP contribution in [0.5, 0.6) is 5.75 Å². The fourth-order valence-electron chi connectivity index (χ4n) is 1.44. The number of primary amides is 1. The van der Waals surface area contributed by atoms with Crippen LogP contribution in [0.15, 0.2) is 24.3 Å². The lowest BCUT2D eigenvalue weighted by atomic mass is 10.2. The fraction of sp³-hybridized carbons (Fsp3) is 0.364. The SMILES string of the molecule is COc1cccc(N(C(N)=O)C(C)C)c1. The summed E-state index contributed by atoms with van der Waals surface area (Å²) in [5.74, 6) is 0.708. The number of anilines is 1. The van der Waals surface area contributed by atoms with Gasteiger partial charge in [0.2, 0.25) is 0 Å². The Morgan fingerprint density at radius 1 is 1.47 bits per heavy atom. The molecule has 0 saturated carbocycles. The Morgan fingerprint density at radius 2 is 2.13 bits per heavy atom. The van der Waals surface area contributed by atoms with Crippen molar-refractivity contribution in [3.05, 3.63) is 24.3 Å². The van der Waals surface area contributed by atoms with Crippen LogP contribution in [-0.2, 0) is 0 Å². The lowest BCUT2D eigenvalue weighted by Gasteiger charge is -2.24. The van der Waals surface area contributed by atoms with Crippen LogP contribution in [0, 0.1) is 0 Å². The quantitative estimate of drug-likeness (QED) is 0.825. The number of rotatable bonds is 3. The Morgan fingerprint density at radius 3 is 2.60 bits per heavy atom. The molecule has 0 atom stereocenters. The molecule has 2 amide bonds. The smallest absolute Gasteiger partial charge is 0.319 e. The van der Waals surface area contributed by atoms with Crippen molar-refractivity contribution in [2.24, 2.45) is 5.73 Å². The molecule has 82 valence electrons. The first kappa shape index (κ1) is 11.4. The van der Waals surface area contributed by atoms with Gasteiger partial charge in [0.05, 0.1) is 7.11 Å². The summed E-state index contributed by atoms with van der Waals surface area (Å²) in [4.78, 5) is 12.8. The molecule has 0 bridgehead atoms. The van der Waals surface area contributed by atoms with Crippen molar-refractivity contribution in [2.75, 3.05) is 12.0 Å². The van der Waals surface area contributed by atoms with E-state index in [2.05, 4.69) is 0 Å². The van der Waals surface area contributed by atoms with E-state index in [1.807, 2.05) is 32.0 Å². The first-order valence-corrected chi connectivity index (χ1v) is 4.79. The minimum atomic E-state index is -0.460. The zero-order valence-electron chi connectivity index (χ0n) is 9.23. The summed E-state index contributed by atoms with van der Waals surface area (Å²) in [7, 11) is 1.59. The topological polar surface area (TPSA) is 55.6 Å². The van der Waals surface area contributed by atoms with Gasteiger partial charge in [-0.05, 0) is 26.0 Å². The summed E-state index contributed by atoms with van der Waals surface area (Å²) in [6, 6.07) is 6.82. The number of urea groups is 1. The molecule has 0 spiro atoms. The second-order valence-electron chi connectivity index (χ2n) is 3.50. The summed E-state index contributed by atoms with van der Waals surface area (Å²) >= 11 is 0. The van der Waals surface area contributed by atoms with Crippen LogP contribution >= 0.6 is 0 Å². The van der Waals surface area contributed by atoms with E-state index in [9.17, 15) is 4.79 Å². The summed E-state index contributed by atoms with van der Waals surface area (Å²) in [6.45, 7) is 3.81. The van der Waals surface area contributed by atoms with E-state index in [0.29, 0.717) is 5.75 Å². The zero-order valence-corrected chi connectivity index (χ0v) is 9.23. The Labute approximate surface area is 89.6 Å². The van der Waals surface area contributed by atoms with Crippen molar-refractivity contribution in [2.45, 2.75) is 19.9 Å². The Kier molecular flexibility index (Phi) is 3.55. The van der Waals surface area contributed by atoms with E-state index in [4.69, 9.17) is 10.5 Å². The van der Waals surface area contributed by atoms with Gasteiger partial charge < -0.3 is 10.5 Å². The van der Waals surface area contributed by atoms with E-state index in [1.54, 1.807) is 13.2 Å². The molecule has 2 N–H and O–H groups in total. The summed E-state index contributed by atoms with van der Waals surface area (Å²) in [5, 5.41) is 0. The number of amides is 2. The van der Waals surface area contributed by atoms with Crippen molar-refractivity contribution in [1.82, 2.24) is 0 Å². The molecule has 1 rings (SSSR count). The van der Waals surface area contributed by atoms with Crippen molar-refractivity contribution in [3.8, 4) is 5.75 Å². The molecule has 0 unspecified atom stereocenters. The Balaban J connectivity index is 3.05. The minimum absolute atomic E-state index is 0.0228. The largest absolute Gasteiger partial charge is 0.497 e. The molecule has 4 heteroatoms. The predicted octanol–water partition coefficient (Wildman–Crippen LogP) is 1.99. The number of hydrogen-bond acceptors (Lipinski definition) is 2. The van der Waals surface area contributed by atoms with Crippen LogP contribution in [0.2, 0.25) is 0 Å². The predicted molar refractivity (Wildman–Crippen MR) is 60.2 cm³/mol. The average molecular weight is 208 g/mol. The molecule has 15 heavy (non-hydrogen) atoms. The van der Waals surface area contributed by atoms with Gasteiger partial charge in [-0.3, -0.25) is 4.90 Å². The standard InChI is InChI=1S/C11H16N2O2/c1-8(2)13(11(12)14)9-5-4-6-10(7-9)15-3/h4-8H,1-3H3,(H2,12,14). The van der Waals surface area contributed by atoms with Gasteiger partial charge in [-0.2, -0.15) is 0 Å². The van der Waals surface area contributed by atoms with Gasteiger partial charge >= 0.3 is 6.03 Å². The second kappa shape index (κ2) is 4.68. The summed E-state index contributed by atoms with van der Waals surface area (Å²) in [6.07, 6.45) is 0. The van der Waals surface area contributed by atoms with Crippen LogP contribution in [0.4, 0.5) is 10.5 Å². The zero-order chi connectivity index (χ0) is 11.4. The van der Waals surface area contributed by atoms with Crippen molar-refractivity contribution >= 4 is 11.7 Å². The van der Waals surface area contributed by atoms with Crippen LogP contribution in [0.3, 0.4) is 0 Å². The first-order chi connectivity index (χ1) is 7.06. The van der Waals surface area contributed by atoms with Crippen molar-refractivity contribution in [3.63, 3.8) is 0 Å². The second-order valence-corrected chi connectivity index (χ2v) is 3.50. The fourth-order valence-corrected chi connectivity index (χ4v) is 1.44. The minimum Gasteiger partial charge on any atom is -0.497 e. The molecular formula is C11H16N2O2. The number of carbonyl (C=O) groups is 1. The van der Waals surface area contributed by atoms with Crippen LogP contribution in [-0.4, -0.2) is 19.2 Å². The van der Waals surface area contributed by atoms with E-state index in [-0.39, 0.29) is 6.04 Å². The maximum absolute atomic E-state index is 11.2. The number of ether oxygens (including phenoxy) is 1. The molecule has 1 aromatic rings. The maximum Gasteiger partial charge on any atom is 0.319 e. The van der Waals surface area contributed by atoms with Crippen LogP contribution in [0.1, 0.15) is 13.8 Å². The molecule has 0 fully saturated rings. The van der Waals surface area contributed by atoms with Gasteiger partial charge in [-0.25, -0.2) is 4.79 Å². The number of methoxy groups -OCH3 is 1. The van der Waals surface area contributed by atoms with E-state index < -0.39 is 6.03 Å². The maximum atomic E-state index is 11.2. The molecule has 1 aromatic carbocycles. The van der Waals surface area contributed by atoms with Gasteiger partial charge in [0.25, 0.3) is 0 Å². The highest BCUT2D eigenvalue weighted by Crippen LogP contribution is 2.22. The van der Waals surface area contributed by atoms with Gasteiger partial charge in [0, 0.05) is 17.8 Å². The lowest BCUT2D eigenvalue weighted by Crippen LogP contribution is -2.40. The molecular weight excluding hydrogens is 192 g/mol. The molecule has 0 aliphatic rings. The first-order valence-electron chi connectivity index (χ1n) is 4.79. The third-order valence-electron chi connectivity index (χ3n) is 2.09. The highest BCUT2D eigenvalue weighted by Gasteiger charge is 2.16. The molecule has 0 aliphatic heterocycles. The van der Waals surface area contributed by atoms with Gasteiger partial charge in [-0.15, -0.1) is 0 Å².